The molecule has 14 heavy (non-hydrogen) atoms. The van der Waals surface area contributed by atoms with Gasteiger partial charge in [0.05, 0.1) is 0 Å². The second-order valence-corrected chi connectivity index (χ2v) is 3.81. The number of carbonyl (C=O) groups is 1. The van der Waals surface area contributed by atoms with Crippen LogP contribution in [0.5, 0.6) is 0 Å². The van der Waals surface area contributed by atoms with E-state index in [1.807, 2.05) is 0 Å². The molecule has 2 N–H and O–H groups in total. The van der Waals surface area contributed by atoms with Crippen molar-refractivity contribution in [3.8, 4) is 0 Å². The number of likely N-dealkylation sites (tertiary alicyclic amines) is 1. The van der Waals surface area contributed by atoms with Gasteiger partial charge in [0.15, 0.2) is 0 Å². The van der Waals surface area contributed by atoms with Crippen molar-refractivity contribution in [1.29, 1.82) is 0 Å². The predicted octanol–water partition coefficient (Wildman–Crippen LogP) is -0.676. The van der Waals surface area contributed by atoms with Crippen molar-refractivity contribution in [2.75, 3.05) is 40.3 Å². The lowest BCUT2D eigenvalue weighted by atomic mass is 10.1. The Morgan fingerprint density at radius 1 is 1.57 bits per heavy atom. The number of rotatable bonds is 4. The van der Waals surface area contributed by atoms with Crippen molar-refractivity contribution in [3.63, 3.8) is 0 Å². The molecule has 2 amide bonds. The number of hydrogen-bond acceptors (Lipinski definition) is 3. The van der Waals surface area contributed by atoms with Gasteiger partial charge in [-0.1, -0.05) is 0 Å². The molecule has 1 saturated heterocycles. The van der Waals surface area contributed by atoms with E-state index in [2.05, 4.69) is 5.32 Å². The van der Waals surface area contributed by atoms with Crippen LogP contribution in [-0.4, -0.2) is 67.3 Å². The van der Waals surface area contributed by atoms with Gasteiger partial charge in [0.25, 0.3) is 0 Å². The van der Waals surface area contributed by atoms with E-state index in [4.69, 9.17) is 5.11 Å². The molecule has 0 aliphatic carbocycles. The zero-order valence-electron chi connectivity index (χ0n) is 8.86. The van der Waals surface area contributed by atoms with Gasteiger partial charge >= 0.3 is 6.03 Å². The van der Waals surface area contributed by atoms with Crippen LogP contribution in [0.1, 0.15) is 6.42 Å². The molecule has 0 aromatic rings. The largest absolute Gasteiger partial charge is 0.396 e. The van der Waals surface area contributed by atoms with Gasteiger partial charge in [0.2, 0.25) is 0 Å². The normalized spacial score (nSPS) is 16.6. The Labute approximate surface area is 84.7 Å². The monoisotopic (exact) mass is 201 g/mol. The molecule has 0 unspecified atom stereocenters. The molecule has 5 heteroatoms. The fraction of sp³-hybridized carbons (Fsp3) is 0.889. The van der Waals surface area contributed by atoms with Crippen LogP contribution >= 0.6 is 0 Å². The standard InChI is InChI=1S/C9H19N3O2/c1-11(2)9(14)12-6-8(7-12)10-4-3-5-13/h8,10,13H,3-7H2,1-2H3. The van der Waals surface area contributed by atoms with Gasteiger partial charge in [-0.2, -0.15) is 0 Å². The van der Waals surface area contributed by atoms with E-state index in [1.54, 1.807) is 23.9 Å². The van der Waals surface area contributed by atoms with E-state index in [9.17, 15) is 4.79 Å². The third-order valence-corrected chi connectivity index (χ3v) is 2.30. The second-order valence-electron chi connectivity index (χ2n) is 3.81. The molecule has 5 nitrogen and oxygen atoms in total. The van der Waals surface area contributed by atoms with Crippen LogP contribution in [0.25, 0.3) is 0 Å². The number of nitrogens with zero attached hydrogens (tertiary/aromatic N) is 2. The maximum Gasteiger partial charge on any atom is 0.319 e. The molecule has 1 rings (SSSR count). The minimum atomic E-state index is 0.0743. The highest BCUT2D eigenvalue weighted by Crippen LogP contribution is 2.09. The minimum absolute atomic E-state index is 0.0743. The molecule has 0 atom stereocenters. The van der Waals surface area contributed by atoms with Gasteiger partial charge in [0, 0.05) is 39.8 Å². The number of carbonyl (C=O) groups excluding carboxylic acids is 1. The SMILES string of the molecule is CN(C)C(=O)N1CC(NCCCO)C1. The van der Waals surface area contributed by atoms with Crippen molar-refractivity contribution in [1.82, 2.24) is 15.1 Å². The highest BCUT2D eigenvalue weighted by atomic mass is 16.3. The minimum Gasteiger partial charge on any atom is -0.396 e. The number of urea groups is 1. The summed E-state index contributed by atoms with van der Waals surface area (Å²) in [4.78, 5) is 14.8. The number of hydrogen-bond donors (Lipinski definition) is 2. The van der Waals surface area contributed by atoms with Gasteiger partial charge in [-0.15, -0.1) is 0 Å². The Morgan fingerprint density at radius 2 is 2.21 bits per heavy atom. The van der Waals surface area contributed by atoms with Crippen LogP contribution in [0.3, 0.4) is 0 Å². The van der Waals surface area contributed by atoms with Crippen LogP contribution in [0.4, 0.5) is 4.79 Å². The molecule has 1 aliphatic rings. The summed E-state index contributed by atoms with van der Waals surface area (Å²) in [6.07, 6.45) is 0.776. The summed E-state index contributed by atoms with van der Waals surface area (Å²) in [5.74, 6) is 0. The zero-order valence-corrected chi connectivity index (χ0v) is 8.86. The van der Waals surface area contributed by atoms with Gasteiger partial charge in [0.1, 0.15) is 0 Å². The van der Waals surface area contributed by atoms with Crippen molar-refractivity contribution in [2.45, 2.75) is 12.5 Å². The van der Waals surface area contributed by atoms with Crippen LogP contribution in [0, 0.1) is 0 Å². The van der Waals surface area contributed by atoms with Crippen LogP contribution in [0.2, 0.25) is 0 Å². The first-order valence-electron chi connectivity index (χ1n) is 4.95. The molecule has 0 aromatic carbocycles. The van der Waals surface area contributed by atoms with Crippen LogP contribution in [-0.2, 0) is 0 Å². The number of aliphatic hydroxyl groups is 1. The highest BCUT2D eigenvalue weighted by molar-refractivity contribution is 5.74. The first-order valence-corrected chi connectivity index (χ1v) is 4.95. The predicted molar refractivity (Wildman–Crippen MR) is 54.1 cm³/mol. The third-order valence-electron chi connectivity index (χ3n) is 2.30. The van der Waals surface area contributed by atoms with E-state index in [1.165, 1.54) is 0 Å². The van der Waals surface area contributed by atoms with E-state index in [0.717, 1.165) is 26.1 Å². The summed E-state index contributed by atoms with van der Waals surface area (Å²) >= 11 is 0. The molecule has 1 aliphatic heterocycles. The van der Waals surface area contributed by atoms with Crippen molar-refractivity contribution >= 4 is 6.03 Å². The average Bonchev–Trinajstić information content (AvgIpc) is 2.08. The summed E-state index contributed by atoms with van der Waals surface area (Å²) in [5, 5.41) is 11.8. The maximum absolute atomic E-state index is 11.4. The van der Waals surface area contributed by atoms with Crippen molar-refractivity contribution in [3.05, 3.63) is 0 Å². The lowest BCUT2D eigenvalue weighted by molar-refractivity contribution is 0.116. The summed E-state index contributed by atoms with van der Waals surface area (Å²) in [6, 6.07) is 0.482. The first-order chi connectivity index (χ1) is 6.65. The quantitative estimate of drug-likeness (QED) is 0.593. The molecule has 1 fully saturated rings. The zero-order chi connectivity index (χ0) is 10.6. The van der Waals surface area contributed by atoms with Crippen molar-refractivity contribution in [2.24, 2.45) is 0 Å². The molecule has 0 saturated carbocycles. The first kappa shape index (κ1) is 11.3. The van der Waals surface area contributed by atoms with E-state index in [-0.39, 0.29) is 12.6 Å². The average molecular weight is 201 g/mol. The third kappa shape index (κ3) is 2.85. The molecular weight excluding hydrogens is 182 g/mol. The topological polar surface area (TPSA) is 55.8 Å². The smallest absolute Gasteiger partial charge is 0.319 e. The second kappa shape index (κ2) is 5.17. The highest BCUT2D eigenvalue weighted by Gasteiger charge is 2.30. The summed E-state index contributed by atoms with van der Waals surface area (Å²) in [5.41, 5.74) is 0. The summed E-state index contributed by atoms with van der Waals surface area (Å²) in [6.45, 7) is 2.61. The van der Waals surface area contributed by atoms with E-state index >= 15 is 0 Å². The number of nitrogens with one attached hydrogen (secondary N) is 1. The van der Waals surface area contributed by atoms with Crippen LogP contribution < -0.4 is 5.32 Å². The Morgan fingerprint density at radius 3 is 2.71 bits per heavy atom. The number of amides is 2. The molecule has 0 bridgehead atoms. The van der Waals surface area contributed by atoms with Gasteiger partial charge in [-0.3, -0.25) is 0 Å². The fourth-order valence-electron chi connectivity index (χ4n) is 1.43. The van der Waals surface area contributed by atoms with Crippen LogP contribution in [0.15, 0.2) is 0 Å². The Hall–Kier alpha value is -0.810. The van der Waals surface area contributed by atoms with Crippen molar-refractivity contribution < 1.29 is 9.90 Å². The van der Waals surface area contributed by atoms with Gasteiger partial charge in [-0.25, -0.2) is 4.79 Å². The Bertz CT molecular complexity index is 190. The number of aliphatic hydroxyl groups excluding tert-OH is 1. The molecule has 82 valence electrons. The molecule has 1 heterocycles. The lowest BCUT2D eigenvalue weighted by Gasteiger charge is -2.40. The fourth-order valence-corrected chi connectivity index (χ4v) is 1.43. The Kier molecular flexibility index (Phi) is 4.16. The van der Waals surface area contributed by atoms with E-state index < -0.39 is 0 Å². The lowest BCUT2D eigenvalue weighted by Crippen LogP contribution is -2.61. The van der Waals surface area contributed by atoms with Gasteiger partial charge in [-0.05, 0) is 13.0 Å². The van der Waals surface area contributed by atoms with Gasteiger partial charge < -0.3 is 20.2 Å². The molecule has 0 radical (unpaired) electrons. The summed E-state index contributed by atoms with van der Waals surface area (Å²) < 4.78 is 0. The van der Waals surface area contributed by atoms with E-state index in [0.29, 0.717) is 6.04 Å². The summed E-state index contributed by atoms with van der Waals surface area (Å²) in [7, 11) is 3.52. The molecule has 0 spiro atoms. The molecule has 0 aromatic heterocycles. The maximum atomic E-state index is 11.4. The molecular formula is C9H19N3O2. The Balaban J connectivity index is 2.08.